The summed E-state index contributed by atoms with van der Waals surface area (Å²) in [5, 5.41) is 17.9. The van der Waals surface area contributed by atoms with Crippen molar-refractivity contribution in [3.63, 3.8) is 0 Å². The van der Waals surface area contributed by atoms with Crippen molar-refractivity contribution < 1.29 is 19.1 Å². The molecule has 0 aliphatic heterocycles. The molecule has 1 aliphatic rings. The number of rotatable bonds is 12. The number of ether oxygens (including phenoxy) is 1. The number of hydrogen-bond acceptors (Lipinski definition) is 5. The molecule has 0 radical (unpaired) electrons. The van der Waals surface area contributed by atoms with Crippen LogP contribution in [0.15, 0.2) is 54.6 Å². The maximum atomic E-state index is 13.2. The highest BCUT2D eigenvalue weighted by Crippen LogP contribution is 2.30. The molecule has 1 fully saturated rings. The van der Waals surface area contributed by atoms with Crippen LogP contribution in [-0.2, 0) is 25.7 Å². The Kier molecular flexibility index (Phi) is 11.1. The average molecular weight is 505 g/mol. The van der Waals surface area contributed by atoms with Gasteiger partial charge in [0.15, 0.2) is 0 Å². The molecule has 2 atom stereocenters. The summed E-state index contributed by atoms with van der Waals surface area (Å²) in [6.07, 6.45) is 6.23. The molecule has 8 heteroatoms. The quantitative estimate of drug-likeness (QED) is 0.384. The van der Waals surface area contributed by atoms with Gasteiger partial charge in [-0.25, -0.2) is 0 Å². The predicted molar refractivity (Wildman–Crippen MR) is 142 cm³/mol. The number of nitrogens with one attached hydrogen (secondary N) is 3. The third kappa shape index (κ3) is 10.1. The van der Waals surface area contributed by atoms with Crippen molar-refractivity contribution in [3.05, 3.63) is 60.2 Å². The van der Waals surface area contributed by atoms with Crippen LogP contribution in [0.25, 0.3) is 0 Å². The highest BCUT2D eigenvalue weighted by Gasteiger charge is 2.28. The van der Waals surface area contributed by atoms with Crippen LogP contribution in [0.2, 0.25) is 0 Å². The van der Waals surface area contributed by atoms with Gasteiger partial charge in [0.2, 0.25) is 17.7 Å². The van der Waals surface area contributed by atoms with Crippen molar-refractivity contribution in [1.82, 2.24) is 5.32 Å². The van der Waals surface area contributed by atoms with E-state index < -0.39 is 12.0 Å². The zero-order chi connectivity index (χ0) is 26.5. The first-order valence-corrected chi connectivity index (χ1v) is 12.9. The maximum Gasteiger partial charge on any atom is 0.225 e. The first-order valence-electron chi connectivity index (χ1n) is 12.9. The molecular weight excluding hydrogens is 468 g/mol. The van der Waals surface area contributed by atoms with Gasteiger partial charge in [-0.2, -0.15) is 5.26 Å². The van der Waals surface area contributed by atoms with E-state index >= 15 is 0 Å². The van der Waals surface area contributed by atoms with E-state index in [2.05, 4.69) is 22.0 Å². The summed E-state index contributed by atoms with van der Waals surface area (Å²) in [5.41, 5.74) is 2.21. The molecule has 0 saturated heterocycles. The Morgan fingerprint density at radius 2 is 1.62 bits per heavy atom. The van der Waals surface area contributed by atoms with Gasteiger partial charge in [-0.3, -0.25) is 14.4 Å². The molecule has 37 heavy (non-hydrogen) atoms. The van der Waals surface area contributed by atoms with Crippen molar-refractivity contribution in [3.8, 4) is 6.07 Å². The molecule has 1 saturated carbocycles. The molecule has 2 aromatic carbocycles. The lowest BCUT2D eigenvalue weighted by atomic mass is 9.81. The van der Waals surface area contributed by atoms with Crippen molar-refractivity contribution in [2.24, 2.45) is 11.8 Å². The lowest BCUT2D eigenvalue weighted by Crippen LogP contribution is -2.42. The highest BCUT2D eigenvalue weighted by molar-refractivity contribution is 5.95. The Morgan fingerprint density at radius 1 is 0.973 bits per heavy atom. The summed E-state index contributed by atoms with van der Waals surface area (Å²) in [5.74, 6) is -0.876. The van der Waals surface area contributed by atoms with Crippen LogP contribution >= 0.6 is 0 Å². The molecular formula is C29H36N4O4. The van der Waals surface area contributed by atoms with Gasteiger partial charge in [-0.05, 0) is 42.2 Å². The van der Waals surface area contributed by atoms with E-state index in [1.807, 2.05) is 30.3 Å². The Balaban J connectivity index is 1.57. The molecule has 196 valence electrons. The molecule has 0 heterocycles. The summed E-state index contributed by atoms with van der Waals surface area (Å²) < 4.78 is 5.65. The second kappa shape index (κ2) is 14.8. The normalized spacial score (nSPS) is 15.1. The second-order valence-corrected chi connectivity index (χ2v) is 9.64. The van der Waals surface area contributed by atoms with Gasteiger partial charge in [-0.1, -0.05) is 62.4 Å². The Morgan fingerprint density at radius 3 is 2.24 bits per heavy atom. The van der Waals surface area contributed by atoms with Crippen LogP contribution < -0.4 is 16.0 Å². The average Bonchev–Trinajstić information content (AvgIpc) is 2.89. The Bertz CT molecular complexity index is 1060. The van der Waals surface area contributed by atoms with E-state index in [1.165, 1.54) is 13.3 Å². The van der Waals surface area contributed by atoms with Crippen LogP contribution in [0.3, 0.4) is 0 Å². The third-order valence-electron chi connectivity index (χ3n) is 6.50. The van der Waals surface area contributed by atoms with Gasteiger partial charge >= 0.3 is 0 Å². The number of amides is 3. The first kappa shape index (κ1) is 27.9. The fourth-order valence-corrected chi connectivity index (χ4v) is 4.65. The van der Waals surface area contributed by atoms with Gasteiger partial charge < -0.3 is 20.7 Å². The van der Waals surface area contributed by atoms with Crippen molar-refractivity contribution in [2.75, 3.05) is 17.2 Å². The molecule has 8 nitrogen and oxygen atoms in total. The molecule has 0 bridgehead atoms. The lowest BCUT2D eigenvalue weighted by molar-refractivity contribution is -0.130. The fourth-order valence-electron chi connectivity index (χ4n) is 4.65. The van der Waals surface area contributed by atoms with E-state index in [0.29, 0.717) is 30.3 Å². The van der Waals surface area contributed by atoms with Crippen LogP contribution in [0.5, 0.6) is 0 Å². The zero-order valence-electron chi connectivity index (χ0n) is 21.4. The van der Waals surface area contributed by atoms with Crippen LogP contribution in [0.1, 0.15) is 57.4 Å². The molecule has 3 rings (SSSR count). The molecule has 1 aliphatic carbocycles. The number of nitrogens with zero attached hydrogens (tertiary/aromatic N) is 1. The number of carbonyl (C=O) groups excluding carboxylic acids is 3. The van der Waals surface area contributed by atoms with E-state index in [-0.39, 0.29) is 30.7 Å². The number of nitriles is 1. The summed E-state index contributed by atoms with van der Waals surface area (Å²) in [7, 11) is 0. The second-order valence-electron chi connectivity index (χ2n) is 9.64. The lowest BCUT2D eigenvalue weighted by Gasteiger charge is -2.26. The predicted octanol–water partition coefficient (Wildman–Crippen LogP) is 4.79. The molecule has 2 aromatic rings. The standard InChI is InChI=1S/C29H36N4O4/c1-21(34)31-25-12-14-26(15-13-25)32-28(35)17-24(16-22-8-4-2-5-9-22)29(36)33-27(18-30)20-37-19-23-10-6-3-7-11-23/h3,6-7,10-15,22,24,27H,2,4-5,8-9,16-17,19-20H2,1H3,(H,31,34)(H,32,35)(H,33,36). The molecule has 0 spiro atoms. The van der Waals surface area contributed by atoms with E-state index in [0.717, 1.165) is 31.2 Å². The van der Waals surface area contributed by atoms with Crippen LogP contribution in [-0.4, -0.2) is 30.4 Å². The molecule has 3 amide bonds. The van der Waals surface area contributed by atoms with Gasteiger partial charge in [0.25, 0.3) is 0 Å². The largest absolute Gasteiger partial charge is 0.374 e. The number of hydrogen-bond donors (Lipinski definition) is 3. The van der Waals surface area contributed by atoms with Crippen molar-refractivity contribution >= 4 is 29.1 Å². The molecule has 0 aromatic heterocycles. The van der Waals surface area contributed by atoms with Crippen molar-refractivity contribution in [2.45, 2.75) is 64.5 Å². The van der Waals surface area contributed by atoms with Crippen molar-refractivity contribution in [1.29, 1.82) is 5.26 Å². The maximum absolute atomic E-state index is 13.2. The number of benzene rings is 2. The highest BCUT2D eigenvalue weighted by atomic mass is 16.5. The summed E-state index contributed by atoms with van der Waals surface area (Å²) in [6.45, 7) is 1.85. The van der Waals surface area contributed by atoms with E-state index in [1.54, 1.807) is 24.3 Å². The Labute approximate surface area is 218 Å². The summed E-state index contributed by atoms with van der Waals surface area (Å²) in [6, 6.07) is 17.8. The third-order valence-corrected chi connectivity index (χ3v) is 6.50. The van der Waals surface area contributed by atoms with Gasteiger partial charge in [0.1, 0.15) is 6.04 Å². The van der Waals surface area contributed by atoms with E-state index in [4.69, 9.17) is 4.74 Å². The summed E-state index contributed by atoms with van der Waals surface area (Å²) in [4.78, 5) is 37.3. The van der Waals surface area contributed by atoms with Gasteiger partial charge in [0, 0.05) is 30.6 Å². The minimum absolute atomic E-state index is 0.0266. The minimum Gasteiger partial charge on any atom is -0.374 e. The van der Waals surface area contributed by atoms with Crippen LogP contribution in [0, 0.1) is 23.2 Å². The Hall–Kier alpha value is -3.70. The minimum atomic E-state index is -0.797. The monoisotopic (exact) mass is 504 g/mol. The molecule has 2 unspecified atom stereocenters. The molecule has 3 N–H and O–H groups in total. The SMILES string of the molecule is CC(=O)Nc1ccc(NC(=O)CC(CC2CCCCC2)C(=O)NC(C#N)COCc2ccccc2)cc1. The van der Waals surface area contributed by atoms with Gasteiger partial charge in [0.05, 0.1) is 19.3 Å². The number of anilines is 2. The van der Waals surface area contributed by atoms with Gasteiger partial charge in [-0.15, -0.1) is 0 Å². The topological polar surface area (TPSA) is 120 Å². The summed E-state index contributed by atoms with van der Waals surface area (Å²) >= 11 is 0. The number of carbonyl (C=O) groups is 3. The smallest absolute Gasteiger partial charge is 0.225 e. The zero-order valence-corrected chi connectivity index (χ0v) is 21.4. The van der Waals surface area contributed by atoms with E-state index in [9.17, 15) is 19.6 Å². The fraction of sp³-hybridized carbons (Fsp3) is 0.448. The first-order chi connectivity index (χ1) is 17.9. The van der Waals surface area contributed by atoms with Crippen LogP contribution in [0.4, 0.5) is 11.4 Å².